The molecular formula is C44H49NO3S. The van der Waals surface area contributed by atoms with Crippen molar-refractivity contribution in [2.75, 3.05) is 11.9 Å². The smallest absolute Gasteiger partial charge is 0.305 e. The quantitative estimate of drug-likeness (QED) is 0.0838. The second kappa shape index (κ2) is 17.3. The summed E-state index contributed by atoms with van der Waals surface area (Å²) in [4.78, 5) is 27.9. The molecule has 0 aliphatic heterocycles. The average Bonchev–Trinajstić information content (AvgIpc) is 3.52. The first-order valence-corrected chi connectivity index (χ1v) is 18.4. The number of carbonyl (C=O) groups is 2. The fourth-order valence-electron chi connectivity index (χ4n) is 6.27. The highest BCUT2D eigenvalue weighted by atomic mass is 32.1. The maximum absolute atomic E-state index is 14.0. The zero-order chi connectivity index (χ0) is 34.8. The van der Waals surface area contributed by atoms with Crippen LogP contribution in [0.2, 0.25) is 0 Å². The number of ketones is 1. The number of esters is 1. The minimum absolute atomic E-state index is 0.00454. The molecule has 1 N–H and O–H groups in total. The van der Waals surface area contributed by atoms with Gasteiger partial charge in [0.2, 0.25) is 5.78 Å². The number of anilines is 1. The maximum Gasteiger partial charge on any atom is 0.305 e. The summed E-state index contributed by atoms with van der Waals surface area (Å²) < 4.78 is 5.13. The van der Waals surface area contributed by atoms with Gasteiger partial charge in [-0.2, -0.15) is 0 Å². The van der Waals surface area contributed by atoms with Gasteiger partial charge in [-0.3, -0.25) is 9.59 Å². The Morgan fingerprint density at radius 1 is 0.735 bits per heavy atom. The molecule has 0 aliphatic carbocycles. The van der Waals surface area contributed by atoms with E-state index < -0.39 is 0 Å². The maximum atomic E-state index is 14.0. The van der Waals surface area contributed by atoms with E-state index in [1.807, 2.05) is 55.5 Å². The fourth-order valence-corrected chi connectivity index (χ4v) is 7.45. The Kier molecular flexibility index (Phi) is 12.6. The molecule has 0 fully saturated rings. The van der Waals surface area contributed by atoms with Crippen molar-refractivity contribution in [2.24, 2.45) is 11.8 Å². The monoisotopic (exact) mass is 671 g/mol. The standard InChI is InChI=1S/C44H49NO3S/c1-6-48-42(46)17-11-16-40-39(34-12-8-7-9-13-34)29-41(49-40)44(47)37-14-10-15-38(28-37)45-43(35-22-18-32(19-23-35)26-30(2)3)36-24-20-33(21-25-36)27-31(4)5/h7-10,12-15,18-25,28-31,43,45H,6,11,16-17,26-27H2,1-5H3. The van der Waals surface area contributed by atoms with Crippen LogP contribution < -0.4 is 5.32 Å². The lowest BCUT2D eigenvalue weighted by Gasteiger charge is -2.22. The van der Waals surface area contributed by atoms with Crippen LogP contribution in [0.1, 0.15) is 95.9 Å². The highest BCUT2D eigenvalue weighted by Gasteiger charge is 2.20. The third-order valence-corrected chi connectivity index (χ3v) is 9.75. The summed E-state index contributed by atoms with van der Waals surface area (Å²) in [5, 5.41) is 3.78. The number of rotatable bonds is 16. The molecule has 0 atom stereocenters. The van der Waals surface area contributed by atoms with Gasteiger partial charge in [0.1, 0.15) is 0 Å². The van der Waals surface area contributed by atoms with Crippen LogP contribution in [-0.2, 0) is 28.8 Å². The number of carbonyl (C=O) groups excluding carboxylic acids is 2. The van der Waals surface area contributed by atoms with E-state index in [4.69, 9.17) is 4.74 Å². The summed E-state index contributed by atoms with van der Waals surface area (Å²) in [5.74, 6) is 1.01. The molecular weight excluding hydrogens is 623 g/mol. The van der Waals surface area contributed by atoms with Crippen molar-refractivity contribution in [3.8, 4) is 11.1 Å². The van der Waals surface area contributed by atoms with Crippen LogP contribution in [0.4, 0.5) is 5.69 Å². The van der Waals surface area contributed by atoms with Gasteiger partial charge in [0.05, 0.1) is 17.5 Å². The number of benzene rings is 4. The van der Waals surface area contributed by atoms with E-state index >= 15 is 0 Å². The molecule has 0 unspecified atom stereocenters. The Bertz CT molecular complexity index is 1750. The minimum atomic E-state index is -0.183. The summed E-state index contributed by atoms with van der Waals surface area (Å²) in [7, 11) is 0. The molecule has 5 heteroatoms. The van der Waals surface area contributed by atoms with Crippen LogP contribution in [0.15, 0.2) is 109 Å². The van der Waals surface area contributed by atoms with Crippen LogP contribution in [0.25, 0.3) is 11.1 Å². The zero-order valence-corrected chi connectivity index (χ0v) is 30.3. The second-order valence-electron chi connectivity index (χ2n) is 13.6. The molecule has 254 valence electrons. The predicted octanol–water partition coefficient (Wildman–Crippen LogP) is 11.1. The van der Waals surface area contributed by atoms with Crippen molar-refractivity contribution in [1.82, 2.24) is 0 Å². The number of ether oxygens (including phenoxy) is 1. The van der Waals surface area contributed by atoms with Gasteiger partial charge < -0.3 is 10.1 Å². The summed E-state index contributed by atoms with van der Waals surface area (Å²) in [6, 6.07) is 37.8. The molecule has 49 heavy (non-hydrogen) atoms. The lowest BCUT2D eigenvalue weighted by molar-refractivity contribution is -0.143. The molecule has 0 saturated heterocycles. The Hall–Kier alpha value is -4.48. The summed E-state index contributed by atoms with van der Waals surface area (Å²) in [6.45, 7) is 11.2. The topological polar surface area (TPSA) is 55.4 Å². The highest BCUT2D eigenvalue weighted by molar-refractivity contribution is 7.14. The van der Waals surface area contributed by atoms with E-state index in [0.29, 0.717) is 48.1 Å². The van der Waals surface area contributed by atoms with E-state index in [0.717, 1.165) is 34.5 Å². The fraction of sp³-hybridized carbons (Fsp3) is 0.318. The third kappa shape index (κ3) is 10.0. The third-order valence-electron chi connectivity index (χ3n) is 8.56. The largest absolute Gasteiger partial charge is 0.466 e. The molecule has 4 nitrogen and oxygen atoms in total. The number of nitrogens with one attached hydrogen (secondary N) is 1. The van der Waals surface area contributed by atoms with E-state index in [2.05, 4.69) is 93.7 Å². The first kappa shape index (κ1) is 35.8. The molecule has 0 saturated carbocycles. The van der Waals surface area contributed by atoms with Crippen molar-refractivity contribution in [3.05, 3.63) is 147 Å². The molecule has 1 heterocycles. The number of hydrogen-bond acceptors (Lipinski definition) is 5. The lowest BCUT2D eigenvalue weighted by atomic mass is 9.93. The van der Waals surface area contributed by atoms with E-state index in [1.54, 1.807) is 0 Å². The number of thiophene rings is 1. The SMILES string of the molecule is CCOC(=O)CCCc1sc(C(=O)c2cccc(NC(c3ccc(CC(C)C)cc3)c3ccc(CC(C)C)cc3)c2)cc1-c1ccccc1. The molecule has 5 aromatic rings. The molecule has 0 radical (unpaired) electrons. The minimum Gasteiger partial charge on any atom is -0.466 e. The molecule has 0 aliphatic rings. The highest BCUT2D eigenvalue weighted by Crippen LogP contribution is 2.35. The van der Waals surface area contributed by atoms with Gasteiger partial charge in [-0.15, -0.1) is 11.3 Å². The van der Waals surface area contributed by atoms with Crippen LogP contribution in [0, 0.1) is 11.8 Å². The molecule has 4 aromatic carbocycles. The van der Waals surface area contributed by atoms with Crippen LogP contribution in [-0.4, -0.2) is 18.4 Å². The molecule has 1 aromatic heterocycles. The van der Waals surface area contributed by atoms with Crippen molar-refractivity contribution >= 4 is 28.8 Å². The summed E-state index contributed by atoms with van der Waals surface area (Å²) >= 11 is 1.52. The predicted molar refractivity (Wildman–Crippen MR) is 205 cm³/mol. The molecule has 0 bridgehead atoms. The number of hydrogen-bond donors (Lipinski definition) is 1. The van der Waals surface area contributed by atoms with Crippen molar-refractivity contribution in [3.63, 3.8) is 0 Å². The van der Waals surface area contributed by atoms with Gasteiger partial charge >= 0.3 is 5.97 Å². The molecule has 5 rings (SSSR count). The second-order valence-corrected chi connectivity index (χ2v) is 14.8. The van der Waals surface area contributed by atoms with Crippen molar-refractivity contribution in [1.29, 1.82) is 0 Å². The first-order valence-electron chi connectivity index (χ1n) is 17.6. The van der Waals surface area contributed by atoms with Gasteiger partial charge in [-0.05, 0) is 96.0 Å². The van der Waals surface area contributed by atoms with E-state index in [-0.39, 0.29) is 17.8 Å². The van der Waals surface area contributed by atoms with Gasteiger partial charge in [0.25, 0.3) is 0 Å². The lowest BCUT2D eigenvalue weighted by Crippen LogP contribution is -2.13. The van der Waals surface area contributed by atoms with Crippen molar-refractivity contribution < 1.29 is 14.3 Å². The van der Waals surface area contributed by atoms with Gasteiger partial charge in [0, 0.05) is 22.5 Å². The summed E-state index contributed by atoms with van der Waals surface area (Å²) in [5.41, 5.74) is 8.69. The summed E-state index contributed by atoms with van der Waals surface area (Å²) in [6.07, 6.45) is 3.84. The van der Waals surface area contributed by atoms with E-state index in [1.165, 1.54) is 33.6 Å². The molecule has 0 amide bonds. The average molecular weight is 672 g/mol. The first-order chi connectivity index (χ1) is 23.7. The van der Waals surface area contributed by atoms with Crippen molar-refractivity contribution in [2.45, 2.75) is 72.8 Å². The number of aryl methyl sites for hydroxylation is 1. The Morgan fingerprint density at radius 2 is 1.35 bits per heavy atom. The zero-order valence-electron chi connectivity index (χ0n) is 29.5. The van der Waals surface area contributed by atoms with Gasteiger partial charge in [-0.25, -0.2) is 0 Å². The van der Waals surface area contributed by atoms with Gasteiger partial charge in [0.15, 0.2) is 0 Å². The Labute approximate surface area is 296 Å². The molecule has 0 spiro atoms. The van der Waals surface area contributed by atoms with Gasteiger partial charge in [-0.1, -0.05) is 119 Å². The van der Waals surface area contributed by atoms with Crippen LogP contribution in [0.3, 0.4) is 0 Å². The normalized spacial score (nSPS) is 11.3. The Balaban J connectivity index is 1.42. The van der Waals surface area contributed by atoms with Crippen LogP contribution in [0.5, 0.6) is 0 Å². The van der Waals surface area contributed by atoms with Crippen LogP contribution >= 0.6 is 11.3 Å². The Morgan fingerprint density at radius 3 is 1.92 bits per heavy atom. The van der Waals surface area contributed by atoms with E-state index in [9.17, 15) is 9.59 Å².